The van der Waals surface area contributed by atoms with Gasteiger partial charge in [0.2, 0.25) is 0 Å². The average molecular weight is 345 g/mol. The van der Waals surface area contributed by atoms with Crippen LogP contribution in [0.2, 0.25) is 0 Å². The van der Waals surface area contributed by atoms with Gasteiger partial charge in [-0.2, -0.15) is 0 Å². The van der Waals surface area contributed by atoms with E-state index in [0.29, 0.717) is 10.6 Å². The van der Waals surface area contributed by atoms with Gasteiger partial charge < -0.3 is 9.52 Å². The SMILES string of the molecule is Cc1nc(C)c(/C(O)=C\c2nc3ccc([N+](=O)[O-])cc3oc2=O)s1. The number of nitrogens with zero attached hydrogens (tertiary/aromatic N) is 3. The molecule has 24 heavy (non-hydrogen) atoms. The fourth-order valence-corrected chi connectivity index (χ4v) is 3.01. The molecule has 0 fully saturated rings. The molecule has 1 N–H and O–H groups in total. The molecule has 2 aromatic heterocycles. The molecule has 0 bridgehead atoms. The van der Waals surface area contributed by atoms with E-state index in [4.69, 9.17) is 4.42 Å². The normalized spacial score (nSPS) is 11.8. The second kappa shape index (κ2) is 5.85. The number of aliphatic hydroxyl groups excluding tert-OH is 1. The molecular formula is C15H11N3O5S. The molecule has 0 saturated carbocycles. The molecule has 0 unspecified atom stereocenters. The topological polar surface area (TPSA) is 119 Å². The van der Waals surface area contributed by atoms with Crippen LogP contribution >= 0.6 is 11.3 Å². The van der Waals surface area contributed by atoms with Gasteiger partial charge in [0, 0.05) is 12.1 Å². The van der Waals surface area contributed by atoms with Gasteiger partial charge in [-0.25, -0.2) is 14.8 Å². The van der Waals surface area contributed by atoms with Gasteiger partial charge in [0.1, 0.15) is 11.3 Å². The number of aliphatic hydroxyl groups is 1. The van der Waals surface area contributed by atoms with Gasteiger partial charge in [0.25, 0.3) is 5.69 Å². The molecule has 2 heterocycles. The molecular weight excluding hydrogens is 334 g/mol. The van der Waals surface area contributed by atoms with Gasteiger partial charge in [-0.15, -0.1) is 11.3 Å². The molecule has 0 aliphatic carbocycles. The number of non-ortho nitro benzene ring substituents is 1. The third-order valence-electron chi connectivity index (χ3n) is 3.22. The van der Waals surface area contributed by atoms with Crippen LogP contribution in [0.15, 0.2) is 27.4 Å². The van der Waals surface area contributed by atoms with E-state index in [1.165, 1.54) is 29.5 Å². The zero-order chi connectivity index (χ0) is 17.4. The summed E-state index contributed by atoms with van der Waals surface area (Å²) in [6, 6.07) is 3.78. The molecule has 0 spiro atoms. The van der Waals surface area contributed by atoms with E-state index in [1.807, 2.05) is 6.92 Å². The predicted molar refractivity (Wildman–Crippen MR) is 89.0 cm³/mol. The minimum Gasteiger partial charge on any atom is -0.506 e. The predicted octanol–water partition coefficient (Wildman–Crippen LogP) is 3.23. The molecule has 0 saturated heterocycles. The van der Waals surface area contributed by atoms with Crippen molar-refractivity contribution in [3.8, 4) is 0 Å². The zero-order valence-corrected chi connectivity index (χ0v) is 13.5. The van der Waals surface area contributed by atoms with Crippen LogP contribution in [-0.2, 0) is 0 Å². The lowest BCUT2D eigenvalue weighted by Crippen LogP contribution is -2.06. The third kappa shape index (κ3) is 2.88. The summed E-state index contributed by atoms with van der Waals surface area (Å²) in [6.45, 7) is 3.56. The van der Waals surface area contributed by atoms with Crippen LogP contribution in [0.1, 0.15) is 21.3 Å². The highest BCUT2D eigenvalue weighted by molar-refractivity contribution is 7.12. The van der Waals surface area contributed by atoms with Crippen molar-refractivity contribution >= 4 is 40.0 Å². The maximum atomic E-state index is 12.0. The van der Waals surface area contributed by atoms with E-state index in [-0.39, 0.29) is 28.2 Å². The van der Waals surface area contributed by atoms with E-state index in [9.17, 15) is 20.0 Å². The molecule has 122 valence electrons. The minimum absolute atomic E-state index is 0.00987. The van der Waals surface area contributed by atoms with Gasteiger partial charge in [0.15, 0.2) is 11.3 Å². The van der Waals surface area contributed by atoms with Crippen molar-refractivity contribution in [2.24, 2.45) is 0 Å². The highest BCUT2D eigenvalue weighted by Crippen LogP contribution is 2.25. The van der Waals surface area contributed by atoms with Crippen LogP contribution in [0, 0.1) is 24.0 Å². The number of hydrogen-bond acceptors (Lipinski definition) is 8. The molecule has 0 aliphatic rings. The number of fused-ring (bicyclic) bond motifs is 1. The van der Waals surface area contributed by atoms with Crippen molar-refractivity contribution in [3.05, 3.63) is 60.0 Å². The summed E-state index contributed by atoms with van der Waals surface area (Å²) in [5.74, 6) is -0.140. The standard InChI is InChI=1S/C15H11N3O5S/c1-7-14(24-8(2)16-7)12(19)6-11-15(20)23-13-5-9(18(21)22)3-4-10(13)17-11/h3-6,19H,1-2H3/b12-6+. The summed E-state index contributed by atoms with van der Waals surface area (Å²) in [7, 11) is 0. The lowest BCUT2D eigenvalue weighted by Gasteiger charge is -2.00. The van der Waals surface area contributed by atoms with Crippen molar-refractivity contribution in [1.82, 2.24) is 9.97 Å². The van der Waals surface area contributed by atoms with Crippen molar-refractivity contribution < 1.29 is 14.4 Å². The molecule has 8 nitrogen and oxygen atoms in total. The number of aromatic nitrogens is 2. The number of rotatable bonds is 3. The molecule has 3 aromatic rings. The van der Waals surface area contributed by atoms with Crippen molar-refractivity contribution in [2.75, 3.05) is 0 Å². The van der Waals surface area contributed by atoms with Crippen LogP contribution < -0.4 is 5.63 Å². The minimum atomic E-state index is -0.798. The number of hydrogen-bond donors (Lipinski definition) is 1. The first kappa shape index (κ1) is 15.8. The molecule has 0 aliphatic heterocycles. The summed E-state index contributed by atoms with van der Waals surface area (Å²) in [6.07, 6.45) is 1.20. The molecule has 9 heteroatoms. The zero-order valence-electron chi connectivity index (χ0n) is 12.6. The van der Waals surface area contributed by atoms with Gasteiger partial charge in [-0.05, 0) is 19.9 Å². The first-order valence-electron chi connectivity index (χ1n) is 6.79. The van der Waals surface area contributed by atoms with E-state index in [0.717, 1.165) is 11.1 Å². The van der Waals surface area contributed by atoms with Crippen LogP contribution in [0.4, 0.5) is 5.69 Å². The molecule has 3 rings (SSSR count). The Labute approximate surface area is 138 Å². The second-order valence-electron chi connectivity index (χ2n) is 4.97. The molecule has 0 atom stereocenters. The van der Waals surface area contributed by atoms with Gasteiger partial charge in [-0.1, -0.05) is 0 Å². The van der Waals surface area contributed by atoms with Gasteiger partial charge in [-0.3, -0.25) is 10.1 Å². The Balaban J connectivity index is 2.10. The van der Waals surface area contributed by atoms with E-state index >= 15 is 0 Å². The third-order valence-corrected chi connectivity index (χ3v) is 4.31. The van der Waals surface area contributed by atoms with Crippen LogP contribution in [0.3, 0.4) is 0 Å². The average Bonchev–Trinajstić information content (AvgIpc) is 2.86. The van der Waals surface area contributed by atoms with Gasteiger partial charge in [0.05, 0.1) is 26.6 Å². The number of nitro groups is 1. The summed E-state index contributed by atoms with van der Waals surface area (Å²) >= 11 is 1.29. The van der Waals surface area contributed by atoms with Crippen LogP contribution in [-0.4, -0.2) is 20.0 Å². The largest absolute Gasteiger partial charge is 0.506 e. The molecule has 1 aromatic carbocycles. The van der Waals surface area contributed by atoms with Crippen molar-refractivity contribution in [3.63, 3.8) is 0 Å². The van der Waals surface area contributed by atoms with Crippen LogP contribution in [0.5, 0.6) is 0 Å². The quantitative estimate of drug-likeness (QED) is 0.439. The Morgan fingerprint density at radius 2 is 2.12 bits per heavy atom. The fourth-order valence-electron chi connectivity index (χ4n) is 2.17. The van der Waals surface area contributed by atoms with E-state index < -0.39 is 10.5 Å². The first-order valence-corrected chi connectivity index (χ1v) is 7.61. The molecule has 0 radical (unpaired) electrons. The maximum Gasteiger partial charge on any atom is 0.362 e. The maximum absolute atomic E-state index is 12.0. The van der Waals surface area contributed by atoms with Crippen LogP contribution in [0.25, 0.3) is 22.9 Å². The van der Waals surface area contributed by atoms with Crippen molar-refractivity contribution in [2.45, 2.75) is 13.8 Å². The Bertz CT molecular complexity index is 1050. The first-order chi connectivity index (χ1) is 11.3. The lowest BCUT2D eigenvalue weighted by molar-refractivity contribution is -0.384. The Morgan fingerprint density at radius 3 is 2.75 bits per heavy atom. The summed E-state index contributed by atoms with van der Waals surface area (Å²) in [4.78, 5) is 31.0. The Hall–Kier alpha value is -3.07. The number of benzene rings is 1. The number of thiazole rings is 1. The van der Waals surface area contributed by atoms with E-state index in [2.05, 4.69) is 9.97 Å². The smallest absolute Gasteiger partial charge is 0.362 e. The number of aryl methyl sites for hydroxylation is 2. The Morgan fingerprint density at radius 1 is 1.38 bits per heavy atom. The highest BCUT2D eigenvalue weighted by Gasteiger charge is 2.14. The number of nitro benzene ring substituents is 1. The second-order valence-corrected chi connectivity index (χ2v) is 6.18. The highest BCUT2D eigenvalue weighted by atomic mass is 32.1. The van der Waals surface area contributed by atoms with Gasteiger partial charge >= 0.3 is 5.63 Å². The Kier molecular flexibility index (Phi) is 3.86. The van der Waals surface area contributed by atoms with E-state index in [1.54, 1.807) is 6.92 Å². The summed E-state index contributed by atoms with van der Waals surface area (Å²) < 4.78 is 5.07. The lowest BCUT2D eigenvalue weighted by atomic mass is 10.2. The fraction of sp³-hybridized carbons (Fsp3) is 0.133. The summed E-state index contributed by atoms with van der Waals surface area (Å²) in [5, 5.41) is 21.7. The van der Waals surface area contributed by atoms with Crippen molar-refractivity contribution in [1.29, 1.82) is 0 Å². The summed E-state index contributed by atoms with van der Waals surface area (Å²) in [5.41, 5.74) is -0.166. The monoisotopic (exact) mass is 345 g/mol. The molecule has 0 amide bonds.